The smallest absolute Gasteiger partial charge is 0.164 e. The number of para-hydroxylation sites is 1. The number of nitrogens with one attached hydrogen (secondary N) is 1. The summed E-state index contributed by atoms with van der Waals surface area (Å²) in [7, 11) is 0. The number of halogens is 1. The highest BCUT2D eigenvalue weighted by Gasteiger charge is 2.22. The molecule has 1 aromatic heterocycles. The normalized spacial score (nSPS) is 14.9. The molecule has 0 spiro atoms. The van der Waals surface area contributed by atoms with Gasteiger partial charge >= 0.3 is 0 Å². The van der Waals surface area contributed by atoms with E-state index < -0.39 is 0 Å². The number of thioether (sulfide) groups is 1. The predicted octanol–water partition coefficient (Wildman–Crippen LogP) is 5.23. The van der Waals surface area contributed by atoms with E-state index in [1.165, 1.54) is 22.2 Å². The first-order valence-corrected chi connectivity index (χ1v) is 9.56. The molecule has 122 valence electrons. The summed E-state index contributed by atoms with van der Waals surface area (Å²) in [4.78, 5) is 10.7. The summed E-state index contributed by atoms with van der Waals surface area (Å²) >= 11 is 7.64. The Morgan fingerprint density at radius 1 is 1.17 bits per heavy atom. The molecule has 0 radical (unpaired) electrons. The van der Waals surface area contributed by atoms with E-state index >= 15 is 0 Å². The van der Waals surface area contributed by atoms with E-state index in [-0.39, 0.29) is 0 Å². The molecule has 24 heavy (non-hydrogen) atoms. The van der Waals surface area contributed by atoms with E-state index in [1.54, 1.807) is 11.8 Å². The average molecular weight is 356 g/mol. The topological polar surface area (TPSA) is 31.4 Å². The number of aromatic amines is 1. The molecule has 0 atom stereocenters. The summed E-state index contributed by atoms with van der Waals surface area (Å²) in [5, 5.41) is 3.13. The quantitative estimate of drug-likeness (QED) is 0.478. The zero-order valence-corrected chi connectivity index (χ0v) is 15.0. The van der Waals surface area contributed by atoms with Crippen molar-refractivity contribution in [3.05, 3.63) is 64.8 Å². The molecule has 0 unspecified atom stereocenters. The van der Waals surface area contributed by atoms with Gasteiger partial charge in [-0.3, -0.25) is 0 Å². The third-order valence-electron chi connectivity index (χ3n) is 4.39. The molecule has 2 heterocycles. The molecule has 5 heteroatoms. The molecule has 3 aromatic rings. The lowest BCUT2D eigenvalue weighted by molar-refractivity contribution is 0.398. The molecule has 1 aliphatic rings. The van der Waals surface area contributed by atoms with Crippen molar-refractivity contribution in [1.29, 1.82) is 0 Å². The number of benzene rings is 2. The summed E-state index contributed by atoms with van der Waals surface area (Å²) in [6.07, 6.45) is 3.12. The van der Waals surface area contributed by atoms with Gasteiger partial charge in [0.25, 0.3) is 0 Å². The molecule has 3 nitrogen and oxygen atoms in total. The minimum atomic E-state index is 0.736. The van der Waals surface area contributed by atoms with Crippen LogP contribution in [-0.4, -0.2) is 27.9 Å². The van der Waals surface area contributed by atoms with Crippen LogP contribution in [0.25, 0.3) is 10.9 Å². The van der Waals surface area contributed by atoms with Crippen molar-refractivity contribution in [1.82, 2.24) is 9.88 Å². The fourth-order valence-corrected chi connectivity index (χ4v) is 3.96. The molecule has 1 N–H and O–H groups in total. The van der Waals surface area contributed by atoms with Crippen LogP contribution in [0, 0.1) is 0 Å². The van der Waals surface area contributed by atoms with Crippen LogP contribution in [-0.2, 0) is 13.0 Å². The van der Waals surface area contributed by atoms with Gasteiger partial charge in [0, 0.05) is 28.2 Å². The van der Waals surface area contributed by atoms with Gasteiger partial charge in [0.05, 0.1) is 12.2 Å². The van der Waals surface area contributed by atoms with Crippen molar-refractivity contribution in [3.63, 3.8) is 0 Å². The van der Waals surface area contributed by atoms with Crippen molar-refractivity contribution in [3.8, 4) is 0 Å². The van der Waals surface area contributed by atoms with Crippen molar-refractivity contribution >= 4 is 45.1 Å². The lowest BCUT2D eigenvalue weighted by atomic mass is 10.0. The van der Waals surface area contributed by atoms with Gasteiger partial charge in [-0.2, -0.15) is 0 Å². The summed E-state index contributed by atoms with van der Waals surface area (Å²) in [6, 6.07) is 16.2. The van der Waals surface area contributed by atoms with Crippen LogP contribution in [0.5, 0.6) is 0 Å². The zero-order chi connectivity index (χ0) is 16.5. The maximum absolute atomic E-state index is 5.96. The van der Waals surface area contributed by atoms with Crippen LogP contribution in [0.15, 0.2) is 53.5 Å². The monoisotopic (exact) mass is 355 g/mol. The fraction of sp³-hybridized carbons (Fsp3) is 0.211. The minimum absolute atomic E-state index is 0.736. The highest BCUT2D eigenvalue weighted by molar-refractivity contribution is 8.13. The molecular formula is C19H18ClN3S. The van der Waals surface area contributed by atoms with Gasteiger partial charge in [0.15, 0.2) is 5.17 Å². The first-order chi connectivity index (χ1) is 11.7. The Hall–Kier alpha value is -1.91. The number of aromatic nitrogens is 1. The van der Waals surface area contributed by atoms with Crippen LogP contribution in [0.3, 0.4) is 0 Å². The van der Waals surface area contributed by atoms with Gasteiger partial charge in [0.2, 0.25) is 0 Å². The van der Waals surface area contributed by atoms with Crippen LogP contribution in [0.2, 0.25) is 5.02 Å². The number of fused-ring (bicyclic) bond motifs is 3. The van der Waals surface area contributed by atoms with Gasteiger partial charge in [0.1, 0.15) is 0 Å². The van der Waals surface area contributed by atoms with Gasteiger partial charge in [-0.05, 0) is 48.6 Å². The predicted molar refractivity (Wildman–Crippen MR) is 104 cm³/mol. The maximum atomic E-state index is 5.96. The Morgan fingerprint density at radius 3 is 2.75 bits per heavy atom. The molecule has 1 aliphatic heterocycles. The number of rotatable bonds is 1. The number of H-pyrrole nitrogens is 1. The summed E-state index contributed by atoms with van der Waals surface area (Å²) < 4.78 is 0. The van der Waals surface area contributed by atoms with E-state index in [2.05, 4.69) is 40.4 Å². The molecule has 0 amide bonds. The van der Waals surface area contributed by atoms with Crippen LogP contribution < -0.4 is 0 Å². The third kappa shape index (κ3) is 2.92. The van der Waals surface area contributed by atoms with E-state index in [1.807, 2.05) is 24.3 Å². The Kier molecular flexibility index (Phi) is 4.25. The lowest BCUT2D eigenvalue weighted by Gasteiger charge is -2.29. The van der Waals surface area contributed by atoms with Gasteiger partial charge in [-0.15, -0.1) is 0 Å². The molecule has 0 aliphatic carbocycles. The van der Waals surface area contributed by atoms with E-state index in [4.69, 9.17) is 16.6 Å². The zero-order valence-electron chi connectivity index (χ0n) is 13.4. The van der Waals surface area contributed by atoms with Gasteiger partial charge in [-0.1, -0.05) is 41.6 Å². The SMILES string of the molecule is CS/C(=N/c1ccc(Cl)cc1)N1CCc2c([nH]c3ccccc23)C1. The first-order valence-electron chi connectivity index (χ1n) is 7.96. The Labute approximate surface area is 150 Å². The number of aliphatic imine (C=N–C) groups is 1. The largest absolute Gasteiger partial charge is 0.357 e. The highest BCUT2D eigenvalue weighted by Crippen LogP contribution is 2.29. The second kappa shape index (κ2) is 6.54. The van der Waals surface area contributed by atoms with Crippen molar-refractivity contribution in [2.45, 2.75) is 13.0 Å². The van der Waals surface area contributed by atoms with Crippen molar-refractivity contribution in [2.75, 3.05) is 12.8 Å². The molecule has 0 saturated carbocycles. The molecular weight excluding hydrogens is 338 g/mol. The van der Waals surface area contributed by atoms with E-state index in [0.29, 0.717) is 0 Å². The standard InChI is InChI=1S/C19H18ClN3S/c1-24-19(21-14-8-6-13(20)7-9-14)23-11-10-16-15-4-2-3-5-17(15)22-18(16)12-23/h2-9,22H,10-12H2,1H3/b21-19+. The summed E-state index contributed by atoms with van der Waals surface area (Å²) in [5.41, 5.74) is 4.92. The molecule has 0 bridgehead atoms. The molecule has 2 aromatic carbocycles. The highest BCUT2D eigenvalue weighted by atomic mass is 35.5. The van der Waals surface area contributed by atoms with Gasteiger partial charge < -0.3 is 9.88 Å². The fourth-order valence-electron chi connectivity index (χ4n) is 3.23. The van der Waals surface area contributed by atoms with Crippen LogP contribution in [0.1, 0.15) is 11.3 Å². The van der Waals surface area contributed by atoms with Crippen molar-refractivity contribution < 1.29 is 0 Å². The second-order valence-electron chi connectivity index (χ2n) is 5.87. The molecule has 4 rings (SSSR count). The maximum Gasteiger partial charge on any atom is 0.164 e. The summed E-state index contributed by atoms with van der Waals surface area (Å²) in [5.74, 6) is 0. The Balaban J connectivity index is 1.63. The Morgan fingerprint density at radius 2 is 1.96 bits per heavy atom. The van der Waals surface area contributed by atoms with Gasteiger partial charge in [-0.25, -0.2) is 4.99 Å². The molecule has 0 fully saturated rings. The van der Waals surface area contributed by atoms with E-state index in [9.17, 15) is 0 Å². The van der Waals surface area contributed by atoms with Crippen molar-refractivity contribution in [2.24, 2.45) is 4.99 Å². The summed E-state index contributed by atoms with van der Waals surface area (Å²) in [6.45, 7) is 1.86. The Bertz CT molecular complexity index is 899. The number of hydrogen-bond acceptors (Lipinski definition) is 2. The van der Waals surface area contributed by atoms with Crippen LogP contribution >= 0.6 is 23.4 Å². The lowest BCUT2D eigenvalue weighted by Crippen LogP contribution is -2.34. The second-order valence-corrected chi connectivity index (χ2v) is 7.08. The van der Waals surface area contributed by atoms with Crippen LogP contribution in [0.4, 0.5) is 5.69 Å². The molecule has 0 saturated heterocycles. The first kappa shape index (κ1) is 15.6. The van der Waals surface area contributed by atoms with E-state index in [0.717, 1.165) is 35.4 Å². The third-order valence-corrected chi connectivity index (χ3v) is 5.35. The number of amidine groups is 1. The number of hydrogen-bond donors (Lipinski definition) is 1. The minimum Gasteiger partial charge on any atom is -0.357 e. The average Bonchev–Trinajstić information content (AvgIpc) is 2.99. The number of nitrogens with zero attached hydrogens (tertiary/aromatic N) is 2.